The number of hydrogen-bond donors (Lipinski definition) is 0. The van der Waals surface area contributed by atoms with Gasteiger partial charge < -0.3 is 9.47 Å². The smallest absolute Gasteiger partial charge is 0.306 e. The van der Waals surface area contributed by atoms with Crippen molar-refractivity contribution in [3.8, 4) is 11.5 Å². The molecule has 0 N–H and O–H groups in total. The molecule has 0 spiro atoms. The van der Waals surface area contributed by atoms with Crippen molar-refractivity contribution in [3.63, 3.8) is 0 Å². The molecule has 0 amide bonds. The number of aromatic nitrogens is 1. The van der Waals surface area contributed by atoms with Gasteiger partial charge >= 0.3 is 5.69 Å². The Morgan fingerprint density at radius 1 is 1.41 bits per heavy atom. The van der Waals surface area contributed by atoms with E-state index in [0.29, 0.717) is 22.4 Å². The van der Waals surface area contributed by atoms with Gasteiger partial charge in [-0.15, -0.1) is 0 Å². The maximum atomic E-state index is 10.7. The van der Waals surface area contributed by atoms with Crippen LogP contribution in [0.2, 0.25) is 5.02 Å². The van der Waals surface area contributed by atoms with Gasteiger partial charge in [0, 0.05) is 5.39 Å². The largest absolute Gasteiger partial charge is 0.454 e. The van der Waals surface area contributed by atoms with Crippen molar-refractivity contribution in [2.24, 2.45) is 0 Å². The van der Waals surface area contributed by atoms with Gasteiger partial charge in [-0.1, -0.05) is 11.6 Å². The summed E-state index contributed by atoms with van der Waals surface area (Å²) in [4.78, 5) is 14.2. The molecule has 0 bridgehead atoms. The standard InChI is InChI=1S/C10H5ClN2O4/c11-8-5-1-2-7-10(17-4-16-7)9(5)12-3-6(8)13(14)15/h1-3H,4H2. The van der Waals surface area contributed by atoms with Crippen LogP contribution >= 0.6 is 11.6 Å². The van der Waals surface area contributed by atoms with E-state index in [2.05, 4.69) is 4.98 Å². The van der Waals surface area contributed by atoms with Crippen LogP contribution in [0.3, 0.4) is 0 Å². The lowest BCUT2D eigenvalue weighted by atomic mass is 10.2. The highest BCUT2D eigenvalue weighted by Gasteiger charge is 2.23. The van der Waals surface area contributed by atoms with Crippen LogP contribution in [0.5, 0.6) is 11.5 Å². The van der Waals surface area contributed by atoms with Gasteiger partial charge in [-0.2, -0.15) is 0 Å². The highest BCUT2D eigenvalue weighted by Crippen LogP contribution is 2.42. The number of nitrogens with zero attached hydrogens (tertiary/aromatic N) is 2. The van der Waals surface area contributed by atoms with E-state index in [-0.39, 0.29) is 17.5 Å². The fourth-order valence-corrected chi connectivity index (χ4v) is 1.98. The zero-order valence-electron chi connectivity index (χ0n) is 8.34. The van der Waals surface area contributed by atoms with Crippen molar-refractivity contribution in [2.75, 3.05) is 6.79 Å². The third kappa shape index (κ3) is 1.38. The van der Waals surface area contributed by atoms with Crippen LogP contribution in [-0.2, 0) is 0 Å². The Morgan fingerprint density at radius 3 is 3.00 bits per heavy atom. The zero-order valence-corrected chi connectivity index (χ0v) is 9.10. The van der Waals surface area contributed by atoms with Crippen molar-refractivity contribution in [3.05, 3.63) is 33.5 Å². The highest BCUT2D eigenvalue weighted by molar-refractivity contribution is 6.37. The number of benzene rings is 1. The molecule has 0 radical (unpaired) electrons. The van der Waals surface area contributed by atoms with Gasteiger partial charge in [0.15, 0.2) is 11.5 Å². The maximum absolute atomic E-state index is 10.7. The fraction of sp³-hybridized carbons (Fsp3) is 0.100. The van der Waals surface area contributed by atoms with Crippen molar-refractivity contribution in [2.45, 2.75) is 0 Å². The van der Waals surface area contributed by atoms with Gasteiger partial charge in [0.1, 0.15) is 16.7 Å². The number of ether oxygens (including phenoxy) is 2. The first-order valence-corrected chi connectivity index (χ1v) is 5.07. The number of nitro groups is 1. The third-order valence-corrected chi connectivity index (χ3v) is 2.88. The molecule has 1 aliphatic heterocycles. The average Bonchev–Trinajstić information content (AvgIpc) is 2.77. The lowest BCUT2D eigenvalue weighted by molar-refractivity contribution is -0.384. The molecule has 86 valence electrons. The van der Waals surface area contributed by atoms with E-state index in [1.165, 1.54) is 0 Å². The summed E-state index contributed by atoms with van der Waals surface area (Å²) < 4.78 is 10.4. The van der Waals surface area contributed by atoms with Gasteiger partial charge in [0.2, 0.25) is 6.79 Å². The normalized spacial score (nSPS) is 13.0. The predicted octanol–water partition coefficient (Wildman–Crippen LogP) is 2.53. The molecule has 7 heteroatoms. The van der Waals surface area contributed by atoms with E-state index in [9.17, 15) is 10.1 Å². The van der Waals surface area contributed by atoms with Crippen LogP contribution in [0, 0.1) is 10.1 Å². The molecule has 1 aliphatic rings. The summed E-state index contributed by atoms with van der Waals surface area (Å²) in [5, 5.41) is 11.3. The molecule has 2 aromatic rings. The van der Waals surface area contributed by atoms with E-state index in [1.807, 2.05) is 0 Å². The van der Waals surface area contributed by atoms with Gasteiger partial charge in [-0.05, 0) is 12.1 Å². The van der Waals surface area contributed by atoms with E-state index < -0.39 is 4.92 Å². The molecule has 6 nitrogen and oxygen atoms in total. The van der Waals surface area contributed by atoms with Gasteiger partial charge in [-0.3, -0.25) is 10.1 Å². The van der Waals surface area contributed by atoms with Gasteiger partial charge in [-0.25, -0.2) is 4.98 Å². The molecule has 0 saturated heterocycles. The molecule has 0 saturated carbocycles. The second-order valence-electron chi connectivity index (χ2n) is 3.41. The molecule has 1 aromatic carbocycles. The third-order valence-electron chi connectivity index (χ3n) is 2.49. The average molecular weight is 253 g/mol. The zero-order chi connectivity index (χ0) is 12.0. The first-order chi connectivity index (χ1) is 8.18. The van der Waals surface area contributed by atoms with E-state index in [1.54, 1.807) is 12.1 Å². The Labute approximate surface area is 99.9 Å². The van der Waals surface area contributed by atoms with Crippen molar-refractivity contribution >= 4 is 28.2 Å². The Hall–Kier alpha value is -2.08. The molecular weight excluding hydrogens is 248 g/mol. The van der Waals surface area contributed by atoms with E-state index in [4.69, 9.17) is 21.1 Å². The molecule has 17 heavy (non-hydrogen) atoms. The lowest BCUT2D eigenvalue weighted by Crippen LogP contribution is -1.94. The summed E-state index contributed by atoms with van der Waals surface area (Å²) in [6.45, 7) is 0.116. The van der Waals surface area contributed by atoms with Crippen LogP contribution in [0.1, 0.15) is 0 Å². The summed E-state index contributed by atoms with van der Waals surface area (Å²) in [7, 11) is 0. The summed E-state index contributed by atoms with van der Waals surface area (Å²) in [5.74, 6) is 1.04. The van der Waals surface area contributed by atoms with E-state index in [0.717, 1.165) is 6.20 Å². The Kier molecular flexibility index (Phi) is 2.05. The van der Waals surface area contributed by atoms with Crippen LogP contribution in [0.15, 0.2) is 18.3 Å². The quantitative estimate of drug-likeness (QED) is 0.576. The second-order valence-corrected chi connectivity index (χ2v) is 3.79. The number of halogens is 1. The molecule has 0 atom stereocenters. The summed E-state index contributed by atoms with van der Waals surface area (Å²) in [6.07, 6.45) is 1.12. The number of rotatable bonds is 1. The fourth-order valence-electron chi connectivity index (χ4n) is 1.71. The van der Waals surface area contributed by atoms with Crippen molar-refractivity contribution in [1.82, 2.24) is 4.98 Å². The monoisotopic (exact) mass is 252 g/mol. The van der Waals surface area contributed by atoms with Crippen LogP contribution in [-0.4, -0.2) is 16.7 Å². The topological polar surface area (TPSA) is 74.5 Å². The Balaban J connectivity index is 2.36. The first-order valence-electron chi connectivity index (χ1n) is 4.69. The van der Waals surface area contributed by atoms with Gasteiger partial charge in [0.25, 0.3) is 0 Å². The van der Waals surface area contributed by atoms with Crippen LogP contribution in [0.4, 0.5) is 5.69 Å². The summed E-state index contributed by atoms with van der Waals surface area (Å²) >= 11 is 5.96. The second kappa shape index (κ2) is 3.46. The van der Waals surface area contributed by atoms with E-state index >= 15 is 0 Å². The minimum Gasteiger partial charge on any atom is -0.454 e. The van der Waals surface area contributed by atoms with Crippen molar-refractivity contribution in [1.29, 1.82) is 0 Å². The minimum atomic E-state index is -0.570. The first kappa shape index (κ1) is 10.1. The molecular formula is C10H5ClN2O4. The summed E-state index contributed by atoms with van der Waals surface area (Å²) in [5.41, 5.74) is 0.244. The highest BCUT2D eigenvalue weighted by atomic mass is 35.5. The SMILES string of the molecule is O=[N+]([O-])c1cnc2c3c(ccc2c1Cl)OCO3. The maximum Gasteiger partial charge on any atom is 0.306 e. The van der Waals surface area contributed by atoms with Crippen LogP contribution < -0.4 is 9.47 Å². The number of fused-ring (bicyclic) bond motifs is 3. The van der Waals surface area contributed by atoms with Crippen molar-refractivity contribution < 1.29 is 14.4 Å². The lowest BCUT2D eigenvalue weighted by Gasteiger charge is -2.03. The predicted molar refractivity (Wildman–Crippen MR) is 59.5 cm³/mol. The number of pyridine rings is 1. The Morgan fingerprint density at radius 2 is 2.24 bits per heavy atom. The molecule has 0 fully saturated rings. The number of hydrogen-bond acceptors (Lipinski definition) is 5. The Bertz CT molecular complexity index is 644. The molecule has 0 aliphatic carbocycles. The minimum absolute atomic E-state index is 0.0540. The summed E-state index contributed by atoms with van der Waals surface area (Å²) in [6, 6.07) is 3.28. The molecule has 3 rings (SSSR count). The molecule has 2 heterocycles. The van der Waals surface area contributed by atoms with Crippen LogP contribution in [0.25, 0.3) is 10.9 Å². The molecule has 0 unspecified atom stereocenters. The molecule has 1 aromatic heterocycles. The van der Waals surface area contributed by atoms with Gasteiger partial charge in [0.05, 0.1) is 4.92 Å².